The van der Waals surface area contributed by atoms with Gasteiger partial charge in [-0.2, -0.15) is 5.10 Å². The highest BCUT2D eigenvalue weighted by atomic mass is 16.3. The zero-order valence-electron chi connectivity index (χ0n) is 12.9. The summed E-state index contributed by atoms with van der Waals surface area (Å²) in [7, 11) is 0. The highest BCUT2D eigenvalue weighted by Crippen LogP contribution is 2.32. The summed E-state index contributed by atoms with van der Waals surface area (Å²) in [5.41, 5.74) is 0.0694. The first-order chi connectivity index (χ1) is 9.88. The van der Waals surface area contributed by atoms with Crippen LogP contribution in [0.1, 0.15) is 44.1 Å². The highest BCUT2D eigenvalue weighted by Gasteiger charge is 2.36. The van der Waals surface area contributed by atoms with E-state index in [0.717, 1.165) is 12.8 Å². The number of piperidine rings is 1. The molecule has 0 aromatic carbocycles. The van der Waals surface area contributed by atoms with Gasteiger partial charge in [-0.1, -0.05) is 13.8 Å². The van der Waals surface area contributed by atoms with Crippen molar-refractivity contribution in [3.63, 3.8) is 0 Å². The van der Waals surface area contributed by atoms with Crippen LogP contribution in [0.5, 0.6) is 0 Å². The molecule has 0 bridgehead atoms. The van der Waals surface area contributed by atoms with Gasteiger partial charge in [0.25, 0.3) is 11.5 Å². The van der Waals surface area contributed by atoms with Crippen LogP contribution in [0.2, 0.25) is 0 Å². The Morgan fingerprint density at radius 1 is 1.48 bits per heavy atom. The number of amides is 1. The van der Waals surface area contributed by atoms with Crippen molar-refractivity contribution in [1.82, 2.24) is 14.7 Å². The number of nitrogens with zero attached hydrogens (tertiary/aromatic N) is 3. The van der Waals surface area contributed by atoms with Crippen molar-refractivity contribution in [2.24, 2.45) is 5.41 Å². The van der Waals surface area contributed by atoms with E-state index in [2.05, 4.69) is 18.9 Å². The van der Waals surface area contributed by atoms with E-state index < -0.39 is 0 Å². The number of likely N-dealkylation sites (tertiary alicyclic amines) is 1. The zero-order valence-corrected chi connectivity index (χ0v) is 12.9. The predicted molar refractivity (Wildman–Crippen MR) is 79.1 cm³/mol. The molecule has 1 fully saturated rings. The summed E-state index contributed by atoms with van der Waals surface area (Å²) in [6, 6.07) is 2.66. The fourth-order valence-electron chi connectivity index (χ4n) is 2.75. The van der Waals surface area contributed by atoms with Gasteiger partial charge in [0.05, 0.1) is 12.6 Å². The molecular formula is C15H23N3O3. The topological polar surface area (TPSA) is 75.4 Å². The van der Waals surface area contributed by atoms with Gasteiger partial charge in [-0.05, 0) is 31.2 Å². The van der Waals surface area contributed by atoms with Crippen LogP contribution in [-0.2, 0) is 6.54 Å². The smallest absolute Gasteiger partial charge is 0.274 e. The van der Waals surface area contributed by atoms with Gasteiger partial charge in [-0.25, -0.2) is 4.68 Å². The van der Waals surface area contributed by atoms with Crippen molar-refractivity contribution in [2.75, 3.05) is 13.2 Å². The number of aromatic nitrogens is 2. The minimum absolute atomic E-state index is 0.0283. The average molecular weight is 293 g/mol. The Morgan fingerprint density at radius 3 is 2.81 bits per heavy atom. The second-order valence-corrected chi connectivity index (χ2v) is 6.34. The van der Waals surface area contributed by atoms with Crippen molar-refractivity contribution in [2.45, 2.75) is 46.2 Å². The molecule has 116 valence electrons. The monoisotopic (exact) mass is 293 g/mol. The second-order valence-electron chi connectivity index (χ2n) is 6.34. The fraction of sp³-hybridized carbons (Fsp3) is 0.667. The summed E-state index contributed by atoms with van der Waals surface area (Å²) in [6.07, 6.45) is 1.76. The summed E-state index contributed by atoms with van der Waals surface area (Å²) in [5, 5.41) is 13.6. The van der Waals surface area contributed by atoms with Crippen molar-refractivity contribution >= 4 is 5.91 Å². The molecule has 6 heteroatoms. The summed E-state index contributed by atoms with van der Waals surface area (Å²) in [4.78, 5) is 25.9. The zero-order chi connectivity index (χ0) is 15.6. The van der Waals surface area contributed by atoms with Gasteiger partial charge in [0.1, 0.15) is 5.69 Å². The first kappa shape index (κ1) is 15.7. The molecule has 0 saturated carbocycles. The predicted octanol–water partition coefficient (Wildman–Crippen LogP) is 0.886. The normalized spacial score (nSPS) is 21.3. The molecular weight excluding hydrogens is 270 g/mol. The molecule has 6 nitrogen and oxygen atoms in total. The van der Waals surface area contributed by atoms with Gasteiger partial charge >= 0.3 is 0 Å². The van der Waals surface area contributed by atoms with E-state index in [4.69, 9.17) is 0 Å². The van der Waals surface area contributed by atoms with Gasteiger partial charge in [0.2, 0.25) is 0 Å². The van der Waals surface area contributed by atoms with Gasteiger partial charge in [-0.3, -0.25) is 9.59 Å². The van der Waals surface area contributed by atoms with E-state index in [9.17, 15) is 14.7 Å². The van der Waals surface area contributed by atoms with Crippen LogP contribution in [0.25, 0.3) is 0 Å². The van der Waals surface area contributed by atoms with E-state index in [1.807, 2.05) is 6.92 Å². The first-order valence-corrected chi connectivity index (χ1v) is 7.38. The largest absolute Gasteiger partial charge is 0.394 e. The number of carbonyl (C=O) groups excluding carboxylic acids is 1. The molecule has 1 unspecified atom stereocenters. The second kappa shape index (κ2) is 5.97. The standard InChI is InChI=1S/C15H23N3O3/c1-4-18-13(20)6-5-12(16-18)14(21)17-10-15(2,3)8-7-11(17)9-19/h5-6,11,19H,4,7-10H2,1-3H3. The van der Waals surface area contributed by atoms with Crippen LogP contribution in [0.4, 0.5) is 0 Å². The first-order valence-electron chi connectivity index (χ1n) is 7.38. The van der Waals surface area contributed by atoms with E-state index in [1.165, 1.54) is 16.8 Å². The number of aliphatic hydroxyl groups is 1. The third-order valence-corrected chi connectivity index (χ3v) is 4.05. The minimum atomic E-state index is -0.218. The van der Waals surface area contributed by atoms with Crippen molar-refractivity contribution in [1.29, 1.82) is 0 Å². The van der Waals surface area contributed by atoms with Gasteiger partial charge in [0.15, 0.2) is 0 Å². The molecule has 21 heavy (non-hydrogen) atoms. The molecule has 1 aliphatic heterocycles. The van der Waals surface area contributed by atoms with Crippen LogP contribution < -0.4 is 5.56 Å². The molecule has 1 amide bonds. The Morgan fingerprint density at radius 2 is 2.19 bits per heavy atom. The number of aliphatic hydroxyl groups excluding tert-OH is 1. The Bertz CT molecular complexity index is 580. The number of hydrogen-bond donors (Lipinski definition) is 1. The summed E-state index contributed by atoms with van der Waals surface area (Å²) in [6.45, 7) is 7.00. The molecule has 1 aliphatic rings. The molecule has 0 radical (unpaired) electrons. The van der Waals surface area contributed by atoms with Gasteiger partial charge in [-0.15, -0.1) is 0 Å². The van der Waals surface area contributed by atoms with Crippen molar-refractivity contribution < 1.29 is 9.90 Å². The summed E-state index contributed by atoms with van der Waals surface area (Å²) in [5.74, 6) is -0.218. The molecule has 0 spiro atoms. The minimum Gasteiger partial charge on any atom is -0.394 e. The Hall–Kier alpha value is -1.69. The lowest BCUT2D eigenvalue weighted by atomic mass is 9.81. The Labute approximate surface area is 124 Å². The van der Waals surface area contributed by atoms with Crippen LogP contribution >= 0.6 is 0 Å². The molecule has 2 heterocycles. The fourth-order valence-corrected chi connectivity index (χ4v) is 2.75. The van der Waals surface area contributed by atoms with Crippen LogP contribution in [0, 0.1) is 5.41 Å². The SMILES string of the molecule is CCn1nc(C(=O)N2CC(C)(C)CCC2CO)ccc1=O. The van der Waals surface area contributed by atoms with E-state index in [-0.39, 0.29) is 35.2 Å². The highest BCUT2D eigenvalue weighted by molar-refractivity contribution is 5.92. The number of carbonyl (C=O) groups is 1. The van der Waals surface area contributed by atoms with E-state index in [1.54, 1.807) is 4.90 Å². The summed E-state index contributed by atoms with van der Waals surface area (Å²) >= 11 is 0. The number of rotatable bonds is 3. The third-order valence-electron chi connectivity index (χ3n) is 4.05. The molecule has 1 atom stereocenters. The number of hydrogen-bond acceptors (Lipinski definition) is 4. The Balaban J connectivity index is 2.30. The lowest BCUT2D eigenvalue weighted by Gasteiger charge is -2.43. The molecule has 1 N–H and O–H groups in total. The lowest BCUT2D eigenvalue weighted by molar-refractivity contribution is 0.0240. The molecule has 1 aromatic rings. The molecule has 0 aliphatic carbocycles. The molecule has 2 rings (SSSR count). The van der Waals surface area contributed by atoms with Gasteiger partial charge in [0, 0.05) is 19.2 Å². The maximum atomic E-state index is 12.7. The van der Waals surface area contributed by atoms with Crippen molar-refractivity contribution in [3.05, 3.63) is 28.2 Å². The lowest BCUT2D eigenvalue weighted by Crippen LogP contribution is -2.51. The average Bonchev–Trinajstić information content (AvgIpc) is 2.46. The van der Waals surface area contributed by atoms with Crippen LogP contribution in [0.15, 0.2) is 16.9 Å². The maximum Gasteiger partial charge on any atom is 0.274 e. The quantitative estimate of drug-likeness (QED) is 0.898. The number of aryl methyl sites for hydroxylation is 1. The van der Waals surface area contributed by atoms with Crippen LogP contribution in [0.3, 0.4) is 0 Å². The maximum absolute atomic E-state index is 12.7. The molecule has 1 aromatic heterocycles. The van der Waals surface area contributed by atoms with Crippen LogP contribution in [-0.4, -0.2) is 44.9 Å². The third kappa shape index (κ3) is 3.32. The van der Waals surface area contributed by atoms with E-state index >= 15 is 0 Å². The van der Waals surface area contributed by atoms with Gasteiger partial charge < -0.3 is 10.0 Å². The van der Waals surface area contributed by atoms with E-state index in [0.29, 0.717) is 13.1 Å². The Kier molecular flexibility index (Phi) is 4.46. The van der Waals surface area contributed by atoms with Crippen molar-refractivity contribution in [3.8, 4) is 0 Å². The molecule has 1 saturated heterocycles. The summed E-state index contributed by atoms with van der Waals surface area (Å²) < 4.78 is 1.27.